The van der Waals surface area contributed by atoms with Crippen LogP contribution in [0.5, 0.6) is 0 Å². The van der Waals surface area contributed by atoms with E-state index in [1.165, 1.54) is 0 Å². The van der Waals surface area contributed by atoms with Gasteiger partial charge in [-0.25, -0.2) is 0 Å². The molecule has 2 nitrogen and oxygen atoms in total. The fourth-order valence-electron chi connectivity index (χ4n) is 1.12. The summed E-state index contributed by atoms with van der Waals surface area (Å²) in [6, 6.07) is 0. The van der Waals surface area contributed by atoms with E-state index in [4.69, 9.17) is 0 Å². The van der Waals surface area contributed by atoms with Crippen molar-refractivity contribution >= 4 is 12.6 Å². The van der Waals surface area contributed by atoms with E-state index in [9.17, 15) is 9.59 Å². The van der Waals surface area contributed by atoms with E-state index in [-0.39, 0.29) is 17.1 Å². The molecule has 84 valence electrons. The molecule has 0 aromatic carbocycles. The van der Waals surface area contributed by atoms with Gasteiger partial charge in [-0.2, -0.15) is 0 Å². The summed E-state index contributed by atoms with van der Waals surface area (Å²) in [7, 11) is 0. The molecular formula is C13H12FeO2. The maximum atomic E-state index is 10.1. The minimum absolute atomic E-state index is 0. The van der Waals surface area contributed by atoms with Gasteiger partial charge >= 0.3 is 0 Å². The van der Waals surface area contributed by atoms with E-state index >= 15 is 0 Å². The number of carbonyl (C=O) groups excluding carboxylic acids is 2. The molecular weight excluding hydrogens is 244 g/mol. The predicted octanol–water partition coefficient (Wildman–Crippen LogP) is 1.57. The molecule has 0 spiro atoms. The van der Waals surface area contributed by atoms with Gasteiger partial charge in [-0.1, -0.05) is 6.92 Å². The third-order valence-electron chi connectivity index (χ3n) is 2.03. The van der Waals surface area contributed by atoms with Crippen molar-refractivity contribution in [2.75, 3.05) is 0 Å². The van der Waals surface area contributed by atoms with Gasteiger partial charge in [-0.3, -0.25) is 0 Å². The normalized spacial score (nSPS) is 22.1. The van der Waals surface area contributed by atoms with Crippen LogP contribution in [-0.2, 0) is 26.7 Å². The van der Waals surface area contributed by atoms with Crippen LogP contribution in [0.15, 0.2) is 0 Å². The Morgan fingerprint density at radius 3 is 1.75 bits per heavy atom. The predicted molar refractivity (Wildman–Crippen MR) is 57.6 cm³/mol. The molecule has 0 aromatic rings. The summed E-state index contributed by atoms with van der Waals surface area (Å²) < 4.78 is 0. The average molecular weight is 256 g/mol. The molecule has 0 amide bonds. The standard InChI is InChI=1S/C7H7O.C6H5O.Fe/c1-6-3-2-4-7(6)5-8;7-5-6-3-1-2-4-6;/h2-5H,1H3;1-5H;. The van der Waals surface area contributed by atoms with Crippen LogP contribution >= 0.6 is 0 Å². The van der Waals surface area contributed by atoms with Gasteiger partial charge in [0.15, 0.2) is 0 Å². The summed E-state index contributed by atoms with van der Waals surface area (Å²) in [4.78, 5) is 20.0. The first-order valence-electron chi connectivity index (χ1n) is 4.62. The zero-order valence-corrected chi connectivity index (χ0v) is 9.97. The van der Waals surface area contributed by atoms with Crippen molar-refractivity contribution in [3.05, 3.63) is 62.7 Å². The first kappa shape index (κ1) is 15.9. The Morgan fingerprint density at radius 2 is 1.50 bits per heavy atom. The summed E-state index contributed by atoms with van der Waals surface area (Å²) >= 11 is 0. The van der Waals surface area contributed by atoms with E-state index in [1.54, 1.807) is 12.8 Å². The van der Waals surface area contributed by atoms with Crippen LogP contribution < -0.4 is 0 Å². The van der Waals surface area contributed by atoms with E-state index in [0.717, 1.165) is 30.3 Å². The molecule has 0 bridgehead atoms. The van der Waals surface area contributed by atoms with Gasteiger partial charge in [0.2, 0.25) is 0 Å². The Balaban J connectivity index is 0.000000267. The second kappa shape index (κ2) is 8.95. The maximum absolute atomic E-state index is 10.1. The van der Waals surface area contributed by atoms with Gasteiger partial charge in [-0.05, 0) is 50.9 Å². The average Bonchev–Trinajstić information content (AvgIpc) is 2.88. The van der Waals surface area contributed by atoms with Crippen LogP contribution in [0.2, 0.25) is 0 Å². The van der Waals surface area contributed by atoms with E-state index < -0.39 is 0 Å². The van der Waals surface area contributed by atoms with Crippen molar-refractivity contribution in [1.82, 2.24) is 0 Å². The van der Waals surface area contributed by atoms with Crippen molar-refractivity contribution in [2.24, 2.45) is 0 Å². The van der Waals surface area contributed by atoms with Crippen LogP contribution in [0.25, 0.3) is 0 Å². The van der Waals surface area contributed by atoms with Crippen LogP contribution in [0.1, 0.15) is 6.92 Å². The summed E-state index contributed by atoms with van der Waals surface area (Å²) in [5, 5.41) is 0. The van der Waals surface area contributed by atoms with Crippen molar-refractivity contribution in [3.63, 3.8) is 0 Å². The molecule has 0 atom stereocenters. The zero-order valence-electron chi connectivity index (χ0n) is 8.87. The summed E-state index contributed by atoms with van der Waals surface area (Å²) in [5.74, 6) is 2.60. The molecule has 0 N–H and O–H groups in total. The Hall–Kier alpha value is -0.141. The molecule has 0 aromatic heterocycles. The first-order valence-corrected chi connectivity index (χ1v) is 4.62. The van der Waals surface area contributed by atoms with Crippen molar-refractivity contribution in [2.45, 2.75) is 6.92 Å². The van der Waals surface area contributed by atoms with Crippen molar-refractivity contribution in [3.8, 4) is 0 Å². The van der Waals surface area contributed by atoms with Gasteiger partial charge in [-0.15, -0.1) is 0 Å². The van der Waals surface area contributed by atoms with E-state index in [0.29, 0.717) is 0 Å². The van der Waals surface area contributed by atoms with Gasteiger partial charge in [0.05, 0.1) is 0 Å². The van der Waals surface area contributed by atoms with Crippen LogP contribution in [-0.4, -0.2) is 12.6 Å². The minimum Gasteiger partial charge on any atom is -0.303 e. The summed E-state index contributed by atoms with van der Waals surface area (Å²) in [6.45, 7) is 1.92. The van der Waals surface area contributed by atoms with Gasteiger partial charge < -0.3 is 9.59 Å². The molecule has 2 saturated carbocycles. The third kappa shape index (κ3) is 5.27. The van der Waals surface area contributed by atoms with Crippen LogP contribution in [0.4, 0.5) is 0 Å². The SMILES string of the molecule is C[C]1[CH][CH][CH][C]1C=O.O=C[C]1[CH][CH][CH][CH]1.[Fe]. The molecule has 0 saturated heterocycles. The second-order valence-electron chi connectivity index (χ2n) is 3.12. The second-order valence-corrected chi connectivity index (χ2v) is 3.12. The smallest absolute Gasteiger partial charge is 0.128 e. The summed E-state index contributed by atoms with van der Waals surface area (Å²) in [5.41, 5.74) is 0. The topological polar surface area (TPSA) is 34.1 Å². The van der Waals surface area contributed by atoms with Crippen molar-refractivity contribution < 1.29 is 26.7 Å². The molecule has 3 heteroatoms. The maximum Gasteiger partial charge on any atom is 0.128 e. The van der Waals surface area contributed by atoms with E-state index in [1.807, 2.05) is 39.0 Å². The number of aldehydes is 2. The largest absolute Gasteiger partial charge is 0.303 e. The Morgan fingerprint density at radius 1 is 0.875 bits per heavy atom. The number of rotatable bonds is 2. The van der Waals surface area contributed by atoms with Gasteiger partial charge in [0.25, 0.3) is 0 Å². The summed E-state index contributed by atoms with van der Waals surface area (Å²) in [6.07, 6.45) is 14.5. The molecule has 16 heavy (non-hydrogen) atoms. The quantitative estimate of drug-likeness (QED) is 0.555. The van der Waals surface area contributed by atoms with Gasteiger partial charge in [0.1, 0.15) is 12.6 Å². The molecule has 2 fully saturated rings. The number of carbonyl (C=O) groups is 2. The molecule has 0 aliphatic heterocycles. The molecule has 2 aliphatic rings. The Labute approximate surface area is 109 Å². The molecule has 0 heterocycles. The first-order chi connectivity index (χ1) is 7.27. The molecule has 10 radical (unpaired) electrons. The monoisotopic (exact) mass is 256 g/mol. The van der Waals surface area contributed by atoms with E-state index in [2.05, 4.69) is 0 Å². The molecule has 0 unspecified atom stereocenters. The zero-order chi connectivity index (χ0) is 11.1. The molecule has 2 rings (SSSR count). The van der Waals surface area contributed by atoms with Crippen LogP contribution in [0.3, 0.4) is 0 Å². The third-order valence-corrected chi connectivity index (χ3v) is 2.03. The fourth-order valence-corrected chi connectivity index (χ4v) is 1.12. The Bertz CT molecular complexity index is 200. The Kier molecular flexibility index (Phi) is 8.87. The number of hydrogen-bond acceptors (Lipinski definition) is 2. The van der Waals surface area contributed by atoms with Crippen LogP contribution in [0, 0.1) is 62.7 Å². The number of hydrogen-bond donors (Lipinski definition) is 0. The van der Waals surface area contributed by atoms with Crippen molar-refractivity contribution in [1.29, 1.82) is 0 Å². The molecule has 2 aliphatic carbocycles. The minimum atomic E-state index is 0. The van der Waals surface area contributed by atoms with Gasteiger partial charge in [0, 0.05) is 28.9 Å². The fraction of sp³-hybridized carbons (Fsp3) is 0.0769.